The highest BCUT2D eigenvalue weighted by molar-refractivity contribution is 5.80. The molecule has 4 aliphatic rings. The molecule has 4 nitrogen and oxygen atoms in total. The van der Waals surface area contributed by atoms with E-state index in [4.69, 9.17) is 0 Å². The maximum absolute atomic E-state index is 12.2. The van der Waals surface area contributed by atoms with E-state index in [1.54, 1.807) is 0 Å². The van der Waals surface area contributed by atoms with Crippen LogP contribution in [0, 0.1) is 5.92 Å². The molecular formula is C15H22N2O2. The van der Waals surface area contributed by atoms with Crippen LogP contribution in [0.25, 0.3) is 0 Å². The Morgan fingerprint density at radius 1 is 1.16 bits per heavy atom. The minimum atomic E-state index is -0.457. The molecule has 0 spiro atoms. The summed E-state index contributed by atoms with van der Waals surface area (Å²) in [5.41, 5.74) is 2.66. The predicted octanol–water partition coefficient (Wildman–Crippen LogP) is 1.11. The van der Waals surface area contributed by atoms with Gasteiger partial charge in [-0.15, -0.1) is 0 Å². The van der Waals surface area contributed by atoms with Crippen LogP contribution in [0.4, 0.5) is 0 Å². The van der Waals surface area contributed by atoms with E-state index in [1.165, 1.54) is 43.6 Å². The number of piperidine rings is 3. The van der Waals surface area contributed by atoms with Gasteiger partial charge in [0.05, 0.1) is 12.5 Å². The number of carbonyl (C=O) groups is 1. The SMILES string of the molecule is O=C1CC(O)CC2=C3CCCN4CCCC(CN12)C34. The van der Waals surface area contributed by atoms with Gasteiger partial charge in [0.15, 0.2) is 0 Å². The highest BCUT2D eigenvalue weighted by Crippen LogP contribution is 2.43. The first-order valence-electron chi connectivity index (χ1n) is 7.68. The summed E-state index contributed by atoms with van der Waals surface area (Å²) in [4.78, 5) is 16.8. The summed E-state index contributed by atoms with van der Waals surface area (Å²) in [6, 6.07) is 0.576. The second kappa shape index (κ2) is 4.32. The van der Waals surface area contributed by atoms with Crippen molar-refractivity contribution in [1.29, 1.82) is 0 Å². The van der Waals surface area contributed by atoms with Crippen LogP contribution in [0.1, 0.15) is 38.5 Å². The number of nitrogens with zero attached hydrogens (tertiary/aromatic N) is 2. The maximum atomic E-state index is 12.2. The Balaban J connectivity index is 1.77. The molecule has 0 aromatic heterocycles. The predicted molar refractivity (Wildman–Crippen MR) is 71.3 cm³/mol. The van der Waals surface area contributed by atoms with Crippen LogP contribution in [-0.2, 0) is 4.79 Å². The highest BCUT2D eigenvalue weighted by atomic mass is 16.3. The number of hydrogen-bond acceptors (Lipinski definition) is 3. The van der Waals surface area contributed by atoms with Gasteiger partial charge in [-0.1, -0.05) is 0 Å². The van der Waals surface area contributed by atoms with E-state index in [-0.39, 0.29) is 5.91 Å². The number of rotatable bonds is 0. The van der Waals surface area contributed by atoms with Gasteiger partial charge in [-0.05, 0) is 50.3 Å². The van der Waals surface area contributed by atoms with Crippen LogP contribution in [0.5, 0.6) is 0 Å². The zero-order chi connectivity index (χ0) is 13.0. The maximum Gasteiger partial charge on any atom is 0.229 e. The number of aliphatic hydroxyl groups is 1. The molecule has 4 rings (SSSR count). The molecule has 1 N–H and O–H groups in total. The quantitative estimate of drug-likeness (QED) is 0.711. The third kappa shape index (κ3) is 1.77. The van der Waals surface area contributed by atoms with Gasteiger partial charge in [0, 0.05) is 24.7 Å². The molecule has 4 aliphatic heterocycles. The molecule has 0 saturated carbocycles. The van der Waals surface area contributed by atoms with E-state index in [2.05, 4.69) is 4.90 Å². The lowest BCUT2D eigenvalue weighted by molar-refractivity contribution is -0.136. The van der Waals surface area contributed by atoms with E-state index in [9.17, 15) is 9.90 Å². The zero-order valence-electron chi connectivity index (χ0n) is 11.3. The van der Waals surface area contributed by atoms with Gasteiger partial charge in [0.25, 0.3) is 0 Å². The molecule has 0 aliphatic carbocycles. The summed E-state index contributed by atoms with van der Waals surface area (Å²) in [6.45, 7) is 3.33. The Morgan fingerprint density at radius 3 is 2.89 bits per heavy atom. The monoisotopic (exact) mass is 262 g/mol. The van der Waals surface area contributed by atoms with E-state index in [1.807, 2.05) is 4.90 Å². The lowest BCUT2D eigenvalue weighted by Crippen LogP contribution is -2.58. The minimum absolute atomic E-state index is 0.141. The Kier molecular flexibility index (Phi) is 2.71. The molecule has 3 atom stereocenters. The minimum Gasteiger partial charge on any atom is -0.392 e. The van der Waals surface area contributed by atoms with Crippen LogP contribution < -0.4 is 0 Å². The van der Waals surface area contributed by atoms with Crippen LogP contribution in [0.15, 0.2) is 11.3 Å². The van der Waals surface area contributed by atoms with E-state index in [0.29, 0.717) is 24.8 Å². The van der Waals surface area contributed by atoms with Crippen LogP contribution in [-0.4, -0.2) is 52.6 Å². The van der Waals surface area contributed by atoms with Gasteiger partial charge in [-0.2, -0.15) is 0 Å². The average Bonchev–Trinajstić information content (AvgIpc) is 2.41. The molecule has 1 amide bonds. The topological polar surface area (TPSA) is 43.8 Å². The summed E-state index contributed by atoms with van der Waals surface area (Å²) in [5, 5.41) is 9.92. The molecule has 0 aromatic rings. The van der Waals surface area contributed by atoms with Crippen molar-refractivity contribution in [2.45, 2.75) is 50.7 Å². The molecule has 0 aromatic carbocycles. The summed E-state index contributed by atoms with van der Waals surface area (Å²) in [5.74, 6) is 0.773. The third-order valence-electron chi connectivity index (χ3n) is 5.36. The number of fused-ring (bicyclic) bond motifs is 1. The number of carbonyl (C=O) groups excluding carboxylic acids is 1. The lowest BCUT2D eigenvalue weighted by atomic mass is 9.75. The summed E-state index contributed by atoms with van der Waals surface area (Å²) in [6.07, 6.45) is 5.42. The van der Waals surface area contributed by atoms with Crippen molar-refractivity contribution < 1.29 is 9.90 Å². The first-order valence-corrected chi connectivity index (χ1v) is 7.68. The van der Waals surface area contributed by atoms with Crippen molar-refractivity contribution in [1.82, 2.24) is 9.80 Å². The second-order valence-electron chi connectivity index (χ2n) is 6.53. The number of amides is 1. The Morgan fingerprint density at radius 2 is 2.00 bits per heavy atom. The smallest absolute Gasteiger partial charge is 0.229 e. The normalized spacial score (nSPS) is 39.1. The summed E-state index contributed by atoms with van der Waals surface area (Å²) >= 11 is 0. The molecule has 4 heterocycles. The fraction of sp³-hybridized carbons (Fsp3) is 0.800. The van der Waals surface area contributed by atoms with Crippen LogP contribution in [0.3, 0.4) is 0 Å². The molecule has 3 fully saturated rings. The van der Waals surface area contributed by atoms with Crippen molar-refractivity contribution in [2.24, 2.45) is 5.92 Å². The van der Waals surface area contributed by atoms with Crippen LogP contribution >= 0.6 is 0 Å². The number of aliphatic hydroxyl groups excluding tert-OH is 1. The Bertz CT molecular complexity index is 443. The Labute approximate surface area is 114 Å². The summed E-state index contributed by atoms with van der Waals surface area (Å²) in [7, 11) is 0. The van der Waals surface area contributed by atoms with Gasteiger partial charge >= 0.3 is 0 Å². The van der Waals surface area contributed by atoms with Gasteiger partial charge in [0.1, 0.15) is 0 Å². The molecule has 104 valence electrons. The average molecular weight is 262 g/mol. The van der Waals surface area contributed by atoms with E-state index >= 15 is 0 Å². The van der Waals surface area contributed by atoms with Crippen molar-refractivity contribution in [3.05, 3.63) is 11.3 Å². The molecule has 0 bridgehead atoms. The van der Waals surface area contributed by atoms with Crippen molar-refractivity contribution in [3.63, 3.8) is 0 Å². The third-order valence-corrected chi connectivity index (χ3v) is 5.36. The molecule has 19 heavy (non-hydrogen) atoms. The fourth-order valence-corrected chi connectivity index (χ4v) is 4.65. The standard InChI is InChI=1S/C15H22N2O2/c18-11-7-13-12-4-2-6-16-5-1-3-10(15(12)16)9-17(13)14(19)8-11/h10-11,15,18H,1-9H2. The molecular weight excluding hydrogens is 240 g/mol. The lowest BCUT2D eigenvalue weighted by Gasteiger charge is -2.53. The van der Waals surface area contributed by atoms with Crippen molar-refractivity contribution >= 4 is 5.91 Å². The largest absolute Gasteiger partial charge is 0.392 e. The van der Waals surface area contributed by atoms with Crippen molar-refractivity contribution in [3.8, 4) is 0 Å². The van der Waals surface area contributed by atoms with Gasteiger partial charge in [-0.25, -0.2) is 0 Å². The molecule has 3 unspecified atom stereocenters. The van der Waals surface area contributed by atoms with E-state index < -0.39 is 6.10 Å². The first-order chi connectivity index (χ1) is 9.24. The first kappa shape index (κ1) is 11.9. The van der Waals surface area contributed by atoms with Gasteiger partial charge < -0.3 is 10.0 Å². The highest BCUT2D eigenvalue weighted by Gasteiger charge is 2.45. The molecule has 4 heteroatoms. The zero-order valence-corrected chi connectivity index (χ0v) is 11.3. The molecule has 0 radical (unpaired) electrons. The second-order valence-corrected chi connectivity index (χ2v) is 6.53. The van der Waals surface area contributed by atoms with Crippen molar-refractivity contribution in [2.75, 3.05) is 19.6 Å². The van der Waals surface area contributed by atoms with Crippen LogP contribution in [0.2, 0.25) is 0 Å². The van der Waals surface area contributed by atoms with Gasteiger partial charge in [-0.3, -0.25) is 9.69 Å². The van der Waals surface area contributed by atoms with E-state index in [0.717, 1.165) is 13.0 Å². The fourth-order valence-electron chi connectivity index (χ4n) is 4.65. The molecule has 3 saturated heterocycles. The summed E-state index contributed by atoms with van der Waals surface area (Å²) < 4.78 is 0. The Hall–Kier alpha value is -0.870. The number of hydrogen-bond donors (Lipinski definition) is 1. The van der Waals surface area contributed by atoms with Gasteiger partial charge in [0.2, 0.25) is 5.91 Å².